The van der Waals surface area contributed by atoms with Crippen LogP contribution in [0, 0.1) is 19.2 Å². The van der Waals surface area contributed by atoms with Crippen molar-refractivity contribution in [3.05, 3.63) is 314 Å². The lowest BCUT2D eigenvalue weighted by Gasteiger charge is -2.35. The smallest absolute Gasteiger partial charge is 0.374 e. The molecule has 2 aliphatic rings. The molecule has 2 fully saturated rings. The number of hydrogen-bond donors (Lipinski definition) is 0. The number of diazo groups is 1. The predicted octanol–water partition coefficient (Wildman–Crippen LogP) is 11.6. The Morgan fingerprint density at radius 2 is 0.943 bits per heavy atom. The highest BCUT2D eigenvalue weighted by Gasteiger charge is 2.45. The second kappa shape index (κ2) is 35.7. The van der Waals surface area contributed by atoms with Gasteiger partial charge in [0.05, 0.1) is 58.3 Å². The van der Waals surface area contributed by atoms with E-state index < -0.39 is 79.8 Å². The van der Waals surface area contributed by atoms with Gasteiger partial charge in [0, 0.05) is 84.5 Å². The zero-order valence-corrected chi connectivity index (χ0v) is 58.7. The summed E-state index contributed by atoms with van der Waals surface area (Å²) in [5, 5.41) is 22.7. The van der Waals surface area contributed by atoms with Crippen molar-refractivity contribution >= 4 is 32.0 Å². The molecule has 4 heterocycles. The maximum Gasteiger partial charge on any atom is 0.392 e. The van der Waals surface area contributed by atoms with Crippen LogP contribution in [0.15, 0.2) is 193 Å². The number of carbonyl (C=O) groups is 4. The summed E-state index contributed by atoms with van der Waals surface area (Å²) in [5.41, 5.74) is 31.2. The van der Waals surface area contributed by atoms with Gasteiger partial charge in [-0.3, -0.25) is 37.9 Å². The van der Waals surface area contributed by atoms with E-state index in [0.717, 1.165) is 9.13 Å². The first-order valence-corrected chi connectivity index (χ1v) is 34.6. The number of benzene rings is 6. The molecule has 0 saturated carbocycles. The van der Waals surface area contributed by atoms with Crippen molar-refractivity contribution in [3.63, 3.8) is 0 Å². The molecule has 1 radical (unpaired) electrons. The van der Waals surface area contributed by atoms with Gasteiger partial charge in [0.15, 0.2) is 18.1 Å². The first-order valence-electron chi connectivity index (χ1n) is 33.5. The number of carbonyl (C=O) groups excluding carboxylic acids is 4. The number of ketones is 2. The van der Waals surface area contributed by atoms with Gasteiger partial charge in [-0.2, -0.15) is 13.8 Å². The molecule has 0 bridgehead atoms. The number of ether oxygens (including phenoxy) is 4. The van der Waals surface area contributed by atoms with Crippen molar-refractivity contribution in [1.82, 2.24) is 23.7 Å². The number of aryl methyl sites for hydroxylation is 2. The largest absolute Gasteiger partial charge is 0.392 e. The van der Waals surface area contributed by atoms with Gasteiger partial charge in [0.25, 0.3) is 28.3 Å². The Hall–Kier alpha value is -11.4. The monoisotopic (exact) mass is 1450 g/mol. The van der Waals surface area contributed by atoms with Crippen molar-refractivity contribution in [2.45, 2.75) is 124 Å². The van der Waals surface area contributed by atoms with Crippen LogP contribution < -0.4 is 27.9 Å². The molecule has 1 unspecified atom stereocenters. The van der Waals surface area contributed by atoms with E-state index in [1.807, 2.05) is 20.8 Å². The van der Waals surface area contributed by atoms with Gasteiger partial charge < -0.3 is 28.0 Å². The molecule has 0 spiro atoms. The SMILES string of the molecule is CC[N+](CC)(CC)OP(OC[C@H]1O[C@@H](n2cc(C)c(=O)n(C(=O)c3ccccc3CN=[N+]=[N-])c2=O)C[C@@H]1OCc1ccc(C(=O)c2ccccc2CN=[N+]=[N-])cc1)O[C@H]1C[C@H](n2cc(C)c(=O)n(C(=O)c3ccccc3CN=[N+]=[N-])c2=O)O[C@@H]1COCc1ccc(C(=O)c2ccccc2C[N][N+]#N)cc1. The van der Waals surface area contributed by atoms with Crippen molar-refractivity contribution in [1.29, 1.82) is 5.39 Å². The van der Waals surface area contributed by atoms with E-state index in [-0.39, 0.29) is 115 Å². The molecule has 0 aliphatic carbocycles. The van der Waals surface area contributed by atoms with Gasteiger partial charge in [0.2, 0.25) is 0 Å². The summed E-state index contributed by atoms with van der Waals surface area (Å²) >= 11 is 0. The fourth-order valence-electron chi connectivity index (χ4n) is 12.3. The minimum absolute atomic E-state index is 0.00201. The summed E-state index contributed by atoms with van der Waals surface area (Å²) in [6.45, 7) is 8.69. The summed E-state index contributed by atoms with van der Waals surface area (Å²) in [6.07, 6.45) is -4.17. The highest BCUT2D eigenvalue weighted by Crippen LogP contribution is 2.49. The lowest BCUT2D eigenvalue weighted by molar-refractivity contribution is -1.08. The Kier molecular flexibility index (Phi) is 25.9. The summed E-state index contributed by atoms with van der Waals surface area (Å²) in [4.78, 5) is 122. The summed E-state index contributed by atoms with van der Waals surface area (Å²) in [6, 6.07) is 39.2. The van der Waals surface area contributed by atoms with E-state index in [2.05, 4.69) is 40.6 Å². The summed E-state index contributed by atoms with van der Waals surface area (Å²) in [5.74, 6) is -2.56. The number of nitrogens with zero attached hydrogens (tertiary/aromatic N) is 17. The second-order valence-electron chi connectivity index (χ2n) is 24.5. The lowest BCUT2D eigenvalue weighted by atomic mass is 9.98. The normalized spacial score (nSPS) is 17.1. The highest BCUT2D eigenvalue weighted by molar-refractivity contribution is 7.41. The van der Waals surface area contributed by atoms with Crippen LogP contribution in [0.2, 0.25) is 0 Å². The Labute approximate surface area is 600 Å². The third-order valence-corrected chi connectivity index (χ3v) is 19.5. The third-order valence-electron chi connectivity index (χ3n) is 18.2. The van der Waals surface area contributed by atoms with Crippen LogP contribution >= 0.6 is 8.60 Å². The molecular weight excluding hydrogens is 1370 g/mol. The Morgan fingerprint density at radius 3 is 1.38 bits per heavy atom. The zero-order chi connectivity index (χ0) is 74.7. The summed E-state index contributed by atoms with van der Waals surface area (Å²) < 4.78 is 50.4. The zero-order valence-electron chi connectivity index (χ0n) is 57.8. The molecule has 2 saturated heterocycles. The van der Waals surface area contributed by atoms with E-state index in [9.17, 15) is 38.4 Å². The molecule has 32 nitrogen and oxygen atoms in total. The van der Waals surface area contributed by atoms with Gasteiger partial charge in [-0.15, -0.1) is 4.62 Å². The lowest BCUT2D eigenvalue weighted by Crippen LogP contribution is -2.46. The molecule has 2 aliphatic heterocycles. The predicted molar refractivity (Wildman–Crippen MR) is 380 cm³/mol. The quantitative estimate of drug-likeness (QED) is 0.00539. The van der Waals surface area contributed by atoms with E-state index in [1.54, 1.807) is 109 Å². The Balaban J connectivity index is 0.976. The van der Waals surface area contributed by atoms with Crippen LogP contribution in [0.1, 0.15) is 143 Å². The number of quaternary nitrogens is 1. The topological polar surface area (TPSA) is 409 Å². The molecule has 0 N–H and O–H groups in total. The van der Waals surface area contributed by atoms with E-state index >= 15 is 0 Å². The molecule has 539 valence electrons. The Morgan fingerprint density at radius 1 is 0.543 bits per heavy atom. The van der Waals surface area contributed by atoms with Crippen LogP contribution in [0.3, 0.4) is 0 Å². The van der Waals surface area contributed by atoms with E-state index in [1.165, 1.54) is 62.6 Å². The first kappa shape index (κ1) is 76.3. The molecule has 10 rings (SSSR count). The number of azide groups is 3. The van der Waals surface area contributed by atoms with Crippen LogP contribution in [-0.4, -0.2) is 104 Å². The molecule has 6 aromatic carbocycles. The van der Waals surface area contributed by atoms with Gasteiger partial charge >= 0.3 is 25.1 Å². The van der Waals surface area contributed by atoms with Crippen molar-refractivity contribution in [3.8, 4) is 0 Å². The Bertz CT molecular complexity index is 4990. The number of aromatic nitrogens is 4. The van der Waals surface area contributed by atoms with Gasteiger partial charge in [-0.1, -0.05) is 149 Å². The first-order chi connectivity index (χ1) is 50.9. The fraction of sp³-hybridized carbons (Fsp3) is 0.333. The molecule has 8 aromatic rings. The minimum Gasteiger partial charge on any atom is -0.374 e. The van der Waals surface area contributed by atoms with Gasteiger partial charge in [0.1, 0.15) is 49.7 Å². The van der Waals surface area contributed by atoms with Crippen LogP contribution in [0.5, 0.6) is 0 Å². The maximum atomic E-state index is 14.8. The minimum atomic E-state index is -2.55. The van der Waals surface area contributed by atoms with Crippen LogP contribution in [-0.2, 0) is 72.0 Å². The summed E-state index contributed by atoms with van der Waals surface area (Å²) in [7, 11) is -2.55. The fourth-order valence-corrected chi connectivity index (χ4v) is 13.8. The molecule has 105 heavy (non-hydrogen) atoms. The van der Waals surface area contributed by atoms with Crippen LogP contribution in [0.25, 0.3) is 36.4 Å². The van der Waals surface area contributed by atoms with Crippen molar-refractivity contribution in [2.75, 3.05) is 32.8 Å². The number of rotatable bonds is 33. The van der Waals surface area contributed by atoms with Crippen molar-refractivity contribution in [2.24, 2.45) is 15.3 Å². The highest BCUT2D eigenvalue weighted by atomic mass is 31.2. The third kappa shape index (κ3) is 17.8. The van der Waals surface area contributed by atoms with Gasteiger partial charge in [-0.25, -0.2) is 9.59 Å². The van der Waals surface area contributed by atoms with E-state index in [4.69, 9.17) is 54.6 Å². The number of hydroxylamine groups is 3. The average Bonchev–Trinajstić information content (AvgIpc) is 1.75. The van der Waals surface area contributed by atoms with Gasteiger partial charge in [-0.05, 0) is 96.7 Å². The van der Waals surface area contributed by atoms with Crippen LogP contribution in [0.4, 0.5) is 0 Å². The molecular formula is C72H73N17O15P+2. The second-order valence-corrected chi connectivity index (χ2v) is 25.6. The van der Waals surface area contributed by atoms with Crippen molar-refractivity contribution < 1.29 is 56.4 Å². The number of hydrogen-bond acceptors (Lipinski definition) is 19. The van der Waals surface area contributed by atoms with E-state index in [0.29, 0.717) is 73.3 Å². The molecule has 7 atom stereocenters. The molecule has 2 aromatic heterocycles. The average molecular weight is 1450 g/mol. The maximum absolute atomic E-state index is 14.8. The molecule has 0 amide bonds. The molecule has 33 heteroatoms. The standard InChI is InChI=1S/C72H73N17O15P/c1-6-89(7-2,8-3)104-105(100-44-62-59(99-42-48-27-31-50(32-28-48)66(91)56-22-14-10-18-52(56)36-78-82-74)33-63(102-62)85-39-45(4)67(92)87(71(85)96)69(94)57-23-15-11-19-53(57)37-79-83-75)103-60-34-64(86-40-46(5)68(93)88(72(86)97)70(95)58-24-16-12-20-54(58)38-80-84-76)101-61(60)43-98-41-47-25-29-49(30-26-47)65(90)55-21-13-9-17-51(55)35-77-81-73/h9-32,39-40,59-64H,6-8,33-38,41-44H2,1-5H3/q+2/t59-,60-,61+,62+,63+,64+,105?/m0/s1.